The molecule has 0 saturated carbocycles. The van der Waals surface area contributed by atoms with Crippen LogP contribution < -0.4 is 5.73 Å². The maximum atomic E-state index is 11.0. The van der Waals surface area contributed by atoms with E-state index in [9.17, 15) is 4.79 Å². The van der Waals surface area contributed by atoms with Crippen molar-refractivity contribution < 1.29 is 9.21 Å². The van der Waals surface area contributed by atoms with Gasteiger partial charge in [0.05, 0.1) is 22.6 Å². The predicted octanol–water partition coefficient (Wildman–Crippen LogP) is 1.58. The van der Waals surface area contributed by atoms with Crippen LogP contribution >= 0.6 is 11.8 Å². The van der Waals surface area contributed by atoms with E-state index in [0.717, 1.165) is 28.4 Å². The fraction of sp³-hybridized carbons (Fsp3) is 0.167. The highest BCUT2D eigenvalue weighted by molar-refractivity contribution is 8.00. The minimum atomic E-state index is -0.423. The van der Waals surface area contributed by atoms with Crippen molar-refractivity contribution in [1.29, 1.82) is 0 Å². The van der Waals surface area contributed by atoms with Crippen LogP contribution in [0.5, 0.6) is 0 Å². The molecule has 102 valence electrons. The number of hydrogen-bond acceptors (Lipinski definition) is 6. The zero-order valence-corrected chi connectivity index (χ0v) is 11.3. The number of aromatic nitrogens is 4. The molecule has 0 bridgehead atoms. The van der Waals surface area contributed by atoms with Crippen molar-refractivity contribution in [2.24, 2.45) is 5.73 Å². The summed E-state index contributed by atoms with van der Waals surface area (Å²) in [5, 5.41) is 7.76. The number of carbonyl (C=O) groups excluding carboxylic acids is 1. The van der Waals surface area contributed by atoms with E-state index < -0.39 is 11.2 Å². The van der Waals surface area contributed by atoms with Gasteiger partial charge in [0.2, 0.25) is 11.8 Å². The van der Waals surface area contributed by atoms with Crippen LogP contribution in [0.2, 0.25) is 0 Å². The number of primary amides is 1. The van der Waals surface area contributed by atoms with Crippen LogP contribution in [-0.4, -0.2) is 31.3 Å². The van der Waals surface area contributed by atoms with E-state index in [1.165, 1.54) is 0 Å². The van der Waals surface area contributed by atoms with Gasteiger partial charge in [0.15, 0.2) is 0 Å². The molecule has 0 aliphatic heterocycles. The monoisotopic (exact) mass is 289 g/mol. The summed E-state index contributed by atoms with van der Waals surface area (Å²) in [6, 6.07) is 5.59. The summed E-state index contributed by atoms with van der Waals surface area (Å²) >= 11 is 1.14. The Kier molecular flexibility index (Phi) is 3.15. The Morgan fingerprint density at radius 1 is 1.45 bits per heavy atom. The van der Waals surface area contributed by atoms with E-state index in [-0.39, 0.29) is 0 Å². The van der Waals surface area contributed by atoms with Gasteiger partial charge in [-0.25, -0.2) is 4.98 Å². The summed E-state index contributed by atoms with van der Waals surface area (Å²) in [6.07, 6.45) is 1.62. The molecule has 0 aliphatic carbocycles. The number of imidazole rings is 1. The molecule has 8 heteroatoms. The summed E-state index contributed by atoms with van der Waals surface area (Å²) < 4.78 is 5.51. The number of nitrogens with zero attached hydrogens (tertiary/aromatic N) is 3. The summed E-state index contributed by atoms with van der Waals surface area (Å²) in [7, 11) is 0. The molecule has 1 atom stereocenters. The molecule has 3 N–H and O–H groups in total. The molecule has 0 fully saturated rings. The van der Waals surface area contributed by atoms with Gasteiger partial charge in [0.1, 0.15) is 0 Å². The van der Waals surface area contributed by atoms with Crippen molar-refractivity contribution in [3.8, 4) is 11.5 Å². The second kappa shape index (κ2) is 4.97. The van der Waals surface area contributed by atoms with Crippen LogP contribution in [-0.2, 0) is 4.79 Å². The maximum absolute atomic E-state index is 11.0. The second-order valence-corrected chi connectivity index (χ2v) is 5.46. The summed E-state index contributed by atoms with van der Waals surface area (Å²) in [6.45, 7) is 1.69. The molecule has 0 spiro atoms. The average Bonchev–Trinajstić information content (AvgIpc) is 3.05. The number of nitrogens with two attached hydrogens (primary N) is 1. The van der Waals surface area contributed by atoms with Crippen molar-refractivity contribution in [2.45, 2.75) is 17.4 Å². The number of rotatable bonds is 4. The van der Waals surface area contributed by atoms with E-state index in [4.69, 9.17) is 10.2 Å². The quantitative estimate of drug-likeness (QED) is 0.705. The predicted molar refractivity (Wildman–Crippen MR) is 73.9 cm³/mol. The number of hydrogen-bond donors (Lipinski definition) is 2. The van der Waals surface area contributed by atoms with Gasteiger partial charge >= 0.3 is 0 Å². The fourth-order valence-corrected chi connectivity index (χ4v) is 2.29. The number of nitrogens with one attached hydrogen (secondary N) is 1. The number of amides is 1. The van der Waals surface area contributed by atoms with E-state index in [1.54, 1.807) is 13.3 Å². The Morgan fingerprint density at radius 3 is 3.10 bits per heavy atom. The molecular formula is C12H11N5O2S. The minimum Gasteiger partial charge on any atom is -0.411 e. The molecule has 3 aromatic rings. The van der Waals surface area contributed by atoms with Crippen molar-refractivity contribution in [1.82, 2.24) is 20.2 Å². The first-order valence-corrected chi connectivity index (χ1v) is 6.74. The minimum absolute atomic E-state index is 0.316. The number of fused-ring (bicyclic) bond motifs is 1. The first-order valence-electron chi connectivity index (χ1n) is 5.86. The van der Waals surface area contributed by atoms with E-state index >= 15 is 0 Å². The van der Waals surface area contributed by atoms with E-state index in [2.05, 4.69) is 20.2 Å². The molecular weight excluding hydrogens is 278 g/mol. The Labute approximate surface area is 118 Å². The van der Waals surface area contributed by atoms with Crippen LogP contribution in [0.4, 0.5) is 0 Å². The van der Waals surface area contributed by atoms with Gasteiger partial charge in [-0.15, -0.1) is 10.2 Å². The third kappa shape index (κ3) is 2.37. The van der Waals surface area contributed by atoms with Crippen LogP contribution in [0.25, 0.3) is 22.5 Å². The maximum Gasteiger partial charge on any atom is 0.277 e. The molecule has 2 heterocycles. The summed E-state index contributed by atoms with van der Waals surface area (Å²) in [4.78, 5) is 18.2. The number of benzene rings is 1. The Hall–Kier alpha value is -2.35. The molecule has 0 saturated heterocycles. The third-order valence-corrected chi connectivity index (χ3v) is 3.70. The Balaban J connectivity index is 1.87. The molecule has 2 aromatic heterocycles. The van der Waals surface area contributed by atoms with Gasteiger partial charge in [0.25, 0.3) is 5.22 Å². The molecule has 20 heavy (non-hydrogen) atoms. The van der Waals surface area contributed by atoms with Gasteiger partial charge in [-0.05, 0) is 25.1 Å². The highest BCUT2D eigenvalue weighted by Gasteiger charge is 2.16. The lowest BCUT2D eigenvalue weighted by Crippen LogP contribution is -2.22. The Bertz CT molecular complexity index is 766. The third-order valence-electron chi connectivity index (χ3n) is 2.75. The largest absolute Gasteiger partial charge is 0.411 e. The van der Waals surface area contributed by atoms with Crippen molar-refractivity contribution in [2.75, 3.05) is 0 Å². The van der Waals surface area contributed by atoms with E-state index in [1.807, 2.05) is 18.2 Å². The van der Waals surface area contributed by atoms with Gasteiger partial charge < -0.3 is 15.1 Å². The van der Waals surface area contributed by atoms with Gasteiger partial charge in [-0.1, -0.05) is 11.8 Å². The number of carbonyl (C=O) groups is 1. The zero-order chi connectivity index (χ0) is 14.1. The highest BCUT2D eigenvalue weighted by Crippen LogP contribution is 2.27. The van der Waals surface area contributed by atoms with Crippen molar-refractivity contribution in [3.05, 3.63) is 24.5 Å². The van der Waals surface area contributed by atoms with Crippen LogP contribution in [0.15, 0.2) is 34.2 Å². The highest BCUT2D eigenvalue weighted by atomic mass is 32.2. The number of H-pyrrole nitrogens is 1. The van der Waals surface area contributed by atoms with Crippen LogP contribution in [0.1, 0.15) is 6.92 Å². The van der Waals surface area contributed by atoms with E-state index in [0.29, 0.717) is 11.1 Å². The van der Waals surface area contributed by atoms with Gasteiger partial charge in [-0.3, -0.25) is 4.79 Å². The van der Waals surface area contributed by atoms with Crippen molar-refractivity contribution >= 4 is 28.7 Å². The molecule has 3 rings (SSSR count). The summed E-state index contributed by atoms with van der Waals surface area (Å²) in [5.74, 6) is -0.0331. The first kappa shape index (κ1) is 12.7. The second-order valence-electron chi connectivity index (χ2n) is 4.17. The number of aromatic amines is 1. The first-order chi connectivity index (χ1) is 9.63. The van der Waals surface area contributed by atoms with Gasteiger partial charge in [-0.2, -0.15) is 0 Å². The lowest BCUT2D eigenvalue weighted by atomic mass is 10.2. The SMILES string of the molecule is CC(Sc1nnc(-c2ccc3nc[nH]c3c2)o1)C(N)=O. The molecule has 7 nitrogen and oxygen atoms in total. The summed E-state index contributed by atoms with van der Waals surface area (Å²) in [5.41, 5.74) is 7.73. The smallest absolute Gasteiger partial charge is 0.277 e. The normalized spacial score (nSPS) is 12.7. The Morgan fingerprint density at radius 2 is 2.30 bits per heavy atom. The molecule has 1 amide bonds. The lowest BCUT2D eigenvalue weighted by Gasteiger charge is -2.01. The zero-order valence-electron chi connectivity index (χ0n) is 10.5. The van der Waals surface area contributed by atoms with Crippen LogP contribution in [0, 0.1) is 0 Å². The molecule has 1 unspecified atom stereocenters. The molecule has 0 radical (unpaired) electrons. The van der Waals surface area contributed by atoms with Crippen LogP contribution in [0.3, 0.4) is 0 Å². The average molecular weight is 289 g/mol. The molecule has 0 aliphatic rings. The standard InChI is InChI=1S/C12H11N5O2S/c1-6(10(13)18)20-12-17-16-11(19-12)7-2-3-8-9(4-7)15-5-14-8/h2-6H,1H3,(H2,13,18)(H,14,15). The van der Waals surface area contributed by atoms with Crippen molar-refractivity contribution in [3.63, 3.8) is 0 Å². The number of thioether (sulfide) groups is 1. The molecule has 1 aromatic carbocycles. The topological polar surface area (TPSA) is 111 Å². The fourth-order valence-electron chi connectivity index (χ4n) is 1.65. The van der Waals surface area contributed by atoms with Gasteiger partial charge in [0, 0.05) is 5.56 Å². The lowest BCUT2D eigenvalue weighted by molar-refractivity contribution is -0.117.